The maximum Gasteiger partial charge on any atom is 0.237 e. The fourth-order valence-corrected chi connectivity index (χ4v) is 3.59. The van der Waals surface area contributed by atoms with Crippen molar-refractivity contribution < 1.29 is 4.79 Å². The lowest BCUT2D eigenvalue weighted by molar-refractivity contribution is -0.116. The number of para-hydroxylation sites is 1. The summed E-state index contributed by atoms with van der Waals surface area (Å²) < 4.78 is 1.91. The van der Waals surface area contributed by atoms with E-state index in [9.17, 15) is 4.79 Å². The first-order valence-electron chi connectivity index (χ1n) is 7.46. The molecule has 2 heterocycles. The van der Waals surface area contributed by atoms with Crippen LogP contribution in [0.3, 0.4) is 0 Å². The largest absolute Gasteiger partial charge is 0.309 e. The summed E-state index contributed by atoms with van der Waals surface area (Å²) in [6, 6.07) is 8.43. The van der Waals surface area contributed by atoms with Crippen molar-refractivity contribution in [2.75, 3.05) is 10.7 Å². The van der Waals surface area contributed by atoms with Gasteiger partial charge in [-0.1, -0.05) is 30.0 Å². The number of hydrogen-bond acceptors (Lipinski definition) is 4. The predicted octanol–water partition coefficient (Wildman–Crippen LogP) is 2.58. The summed E-state index contributed by atoms with van der Waals surface area (Å²) >= 11 is 1.44. The molecule has 1 aliphatic heterocycles. The first-order chi connectivity index (χ1) is 10.6. The van der Waals surface area contributed by atoms with Crippen molar-refractivity contribution in [3.8, 4) is 0 Å². The Morgan fingerprint density at radius 2 is 2.14 bits per heavy atom. The Morgan fingerprint density at radius 3 is 2.86 bits per heavy atom. The van der Waals surface area contributed by atoms with E-state index in [-0.39, 0.29) is 11.9 Å². The van der Waals surface area contributed by atoms with Gasteiger partial charge in [0.1, 0.15) is 5.82 Å². The average Bonchev–Trinajstić information content (AvgIpc) is 2.84. The summed E-state index contributed by atoms with van der Waals surface area (Å²) in [6.07, 6.45) is 2.05. The van der Waals surface area contributed by atoms with Gasteiger partial charge in [-0.3, -0.25) is 4.79 Å². The van der Waals surface area contributed by atoms with Gasteiger partial charge in [0.15, 0.2) is 5.16 Å². The molecule has 6 heteroatoms. The molecule has 0 aliphatic carbocycles. The lowest BCUT2D eigenvalue weighted by Gasteiger charge is -2.35. The van der Waals surface area contributed by atoms with Crippen LogP contribution in [0.5, 0.6) is 0 Å². The van der Waals surface area contributed by atoms with E-state index in [0.717, 1.165) is 29.5 Å². The summed E-state index contributed by atoms with van der Waals surface area (Å²) in [7, 11) is 1.92. The third-order valence-electron chi connectivity index (χ3n) is 4.17. The Morgan fingerprint density at radius 1 is 1.36 bits per heavy atom. The number of fused-ring (bicyclic) bond motifs is 1. The minimum atomic E-state index is 0.130. The molecule has 3 rings (SSSR count). The third kappa shape index (κ3) is 2.75. The number of carbonyl (C=O) groups excluding carboxylic acids is 1. The molecule has 1 aromatic heterocycles. The van der Waals surface area contributed by atoms with Crippen LogP contribution in [0.1, 0.15) is 24.7 Å². The molecule has 2 aromatic rings. The molecule has 0 saturated carbocycles. The van der Waals surface area contributed by atoms with Gasteiger partial charge in [-0.15, -0.1) is 10.2 Å². The van der Waals surface area contributed by atoms with Crippen molar-refractivity contribution in [1.82, 2.24) is 14.8 Å². The van der Waals surface area contributed by atoms with E-state index in [2.05, 4.69) is 23.2 Å². The van der Waals surface area contributed by atoms with Crippen LogP contribution < -0.4 is 4.90 Å². The van der Waals surface area contributed by atoms with Crippen LogP contribution in [0.25, 0.3) is 0 Å². The zero-order valence-electron chi connectivity index (χ0n) is 13.1. The molecule has 116 valence electrons. The molecule has 0 bridgehead atoms. The number of aromatic nitrogens is 3. The number of carbonyl (C=O) groups is 1. The van der Waals surface area contributed by atoms with E-state index in [4.69, 9.17) is 0 Å². The second-order valence-corrected chi connectivity index (χ2v) is 6.60. The molecule has 0 N–H and O–H groups in total. The molecule has 1 unspecified atom stereocenters. The average molecular weight is 316 g/mol. The smallest absolute Gasteiger partial charge is 0.237 e. The van der Waals surface area contributed by atoms with Crippen LogP contribution in [-0.4, -0.2) is 32.5 Å². The molecule has 0 spiro atoms. The Bertz CT molecular complexity index is 697. The van der Waals surface area contributed by atoms with E-state index in [1.54, 1.807) is 0 Å². The van der Waals surface area contributed by atoms with Crippen LogP contribution in [-0.2, 0) is 18.3 Å². The Labute approximate surface area is 134 Å². The van der Waals surface area contributed by atoms with Crippen LogP contribution in [0.15, 0.2) is 29.4 Å². The molecule has 1 aromatic carbocycles. The van der Waals surface area contributed by atoms with Crippen LogP contribution >= 0.6 is 11.8 Å². The van der Waals surface area contributed by atoms with E-state index >= 15 is 0 Å². The first-order valence-corrected chi connectivity index (χ1v) is 8.45. The van der Waals surface area contributed by atoms with Gasteiger partial charge >= 0.3 is 0 Å². The van der Waals surface area contributed by atoms with Gasteiger partial charge in [-0.25, -0.2) is 0 Å². The molecule has 22 heavy (non-hydrogen) atoms. The second kappa shape index (κ2) is 6.12. The van der Waals surface area contributed by atoms with Crippen molar-refractivity contribution in [2.45, 2.75) is 37.9 Å². The van der Waals surface area contributed by atoms with Crippen molar-refractivity contribution in [2.24, 2.45) is 7.05 Å². The van der Waals surface area contributed by atoms with Crippen LogP contribution in [0.4, 0.5) is 5.69 Å². The molecule has 0 saturated heterocycles. The predicted molar refractivity (Wildman–Crippen MR) is 88.2 cm³/mol. The number of anilines is 1. The van der Waals surface area contributed by atoms with Crippen LogP contribution in [0, 0.1) is 6.92 Å². The van der Waals surface area contributed by atoms with E-state index in [1.807, 2.05) is 41.6 Å². The summed E-state index contributed by atoms with van der Waals surface area (Å²) in [6.45, 7) is 4.02. The summed E-state index contributed by atoms with van der Waals surface area (Å²) in [5, 5.41) is 8.91. The molecule has 5 nitrogen and oxygen atoms in total. The van der Waals surface area contributed by atoms with Gasteiger partial charge < -0.3 is 9.47 Å². The monoisotopic (exact) mass is 316 g/mol. The summed E-state index contributed by atoms with van der Waals surface area (Å²) in [5.41, 5.74) is 2.31. The Hall–Kier alpha value is -1.82. The van der Waals surface area contributed by atoms with Crippen molar-refractivity contribution >= 4 is 23.4 Å². The SMILES string of the molecule is Cc1nnc(SCC(=O)N2c3ccccc3CCC2C)n1C. The quantitative estimate of drug-likeness (QED) is 0.817. The third-order valence-corrected chi connectivity index (χ3v) is 5.17. The number of thioether (sulfide) groups is 1. The van der Waals surface area contributed by atoms with Crippen molar-refractivity contribution in [3.63, 3.8) is 0 Å². The summed E-state index contributed by atoms with van der Waals surface area (Å²) in [4.78, 5) is 14.6. The Kier molecular flexibility index (Phi) is 4.20. The lowest BCUT2D eigenvalue weighted by Crippen LogP contribution is -2.43. The molecular formula is C16H20N4OS. The highest BCUT2D eigenvalue weighted by molar-refractivity contribution is 7.99. The molecule has 0 fully saturated rings. The lowest BCUT2D eigenvalue weighted by atomic mass is 9.97. The topological polar surface area (TPSA) is 51.0 Å². The highest BCUT2D eigenvalue weighted by Gasteiger charge is 2.28. The minimum Gasteiger partial charge on any atom is -0.309 e. The second-order valence-electron chi connectivity index (χ2n) is 5.66. The molecule has 1 atom stereocenters. The standard InChI is InChI=1S/C16H20N4OS/c1-11-8-9-13-6-4-5-7-14(13)20(11)15(21)10-22-16-18-17-12(2)19(16)3/h4-7,11H,8-10H2,1-3H3. The summed E-state index contributed by atoms with van der Waals surface area (Å²) in [5.74, 6) is 1.36. The number of amides is 1. The minimum absolute atomic E-state index is 0.130. The van der Waals surface area contributed by atoms with Gasteiger partial charge in [0.05, 0.1) is 5.75 Å². The maximum atomic E-state index is 12.7. The van der Waals surface area contributed by atoms with Gasteiger partial charge in [-0.05, 0) is 38.3 Å². The van der Waals surface area contributed by atoms with E-state index in [0.29, 0.717) is 5.75 Å². The zero-order valence-corrected chi connectivity index (χ0v) is 13.9. The Balaban J connectivity index is 1.76. The first kappa shape index (κ1) is 15.1. The highest BCUT2D eigenvalue weighted by atomic mass is 32.2. The number of rotatable bonds is 3. The van der Waals surface area contributed by atoms with Crippen molar-refractivity contribution in [1.29, 1.82) is 0 Å². The number of hydrogen-bond donors (Lipinski definition) is 0. The van der Waals surface area contributed by atoms with E-state index < -0.39 is 0 Å². The van der Waals surface area contributed by atoms with E-state index in [1.165, 1.54) is 17.3 Å². The highest BCUT2D eigenvalue weighted by Crippen LogP contribution is 2.31. The van der Waals surface area contributed by atoms with Gasteiger partial charge in [0, 0.05) is 18.8 Å². The number of benzene rings is 1. The molecule has 1 aliphatic rings. The normalized spacial score (nSPS) is 17.4. The molecule has 0 radical (unpaired) electrons. The maximum absolute atomic E-state index is 12.7. The van der Waals surface area contributed by atoms with Gasteiger partial charge in [-0.2, -0.15) is 0 Å². The van der Waals surface area contributed by atoms with Crippen molar-refractivity contribution in [3.05, 3.63) is 35.7 Å². The number of nitrogens with zero attached hydrogens (tertiary/aromatic N) is 4. The van der Waals surface area contributed by atoms with Gasteiger partial charge in [0.25, 0.3) is 0 Å². The zero-order chi connectivity index (χ0) is 15.7. The molecular weight excluding hydrogens is 296 g/mol. The fraction of sp³-hybridized carbons (Fsp3) is 0.438. The van der Waals surface area contributed by atoms with Crippen LogP contribution in [0.2, 0.25) is 0 Å². The molecule has 1 amide bonds. The number of aryl methyl sites for hydroxylation is 2. The van der Waals surface area contributed by atoms with Gasteiger partial charge in [0.2, 0.25) is 5.91 Å². The fourth-order valence-electron chi connectivity index (χ4n) is 2.78.